The predicted octanol–water partition coefficient (Wildman–Crippen LogP) is 3.04. The third kappa shape index (κ3) is 8.85. The molecule has 1 N–H and O–H groups in total. The number of likely N-dealkylation sites (N-methyl/N-ethyl adjacent to an activating group) is 1. The molecular weight excluding hydrogens is 308 g/mol. The Labute approximate surface area is 157 Å². The number of nitrogens with zero attached hydrogens (tertiary/aromatic N) is 3. The first kappa shape index (κ1) is 21.1. The van der Waals surface area contributed by atoms with Gasteiger partial charge < -0.3 is 15.1 Å². The van der Waals surface area contributed by atoms with Gasteiger partial charge in [0.15, 0.2) is 0 Å². The van der Waals surface area contributed by atoms with Gasteiger partial charge in [-0.2, -0.15) is 0 Å². The highest BCUT2D eigenvalue weighted by Crippen LogP contribution is 2.16. The summed E-state index contributed by atoms with van der Waals surface area (Å²) in [4.78, 5) is 8.06. The second-order valence-electron chi connectivity index (χ2n) is 8.28. The topological polar surface area (TPSA) is 21.8 Å². The summed E-state index contributed by atoms with van der Waals surface area (Å²) in [5.74, 6) is 0. The zero-order valence-electron chi connectivity index (χ0n) is 17.1. The molecule has 2 fully saturated rings. The Morgan fingerprint density at radius 2 is 1.60 bits per heavy atom. The molecule has 2 aliphatic heterocycles. The minimum absolute atomic E-state index is 0.784. The van der Waals surface area contributed by atoms with E-state index in [9.17, 15) is 0 Å². The maximum absolute atomic E-state index is 3.70. The van der Waals surface area contributed by atoms with Crippen LogP contribution in [0.4, 0.5) is 0 Å². The summed E-state index contributed by atoms with van der Waals surface area (Å²) in [5, 5.41) is 3.70. The molecule has 0 amide bonds. The summed E-state index contributed by atoms with van der Waals surface area (Å²) in [6, 6.07) is 0.784. The van der Waals surface area contributed by atoms with Crippen LogP contribution in [-0.2, 0) is 0 Å². The van der Waals surface area contributed by atoms with Crippen molar-refractivity contribution in [1.29, 1.82) is 0 Å². The van der Waals surface area contributed by atoms with E-state index in [1.807, 2.05) is 0 Å². The van der Waals surface area contributed by atoms with Gasteiger partial charge in [0.2, 0.25) is 0 Å². The molecule has 0 radical (unpaired) electrons. The highest BCUT2D eigenvalue weighted by atomic mass is 15.2. The quantitative estimate of drug-likeness (QED) is 0.711. The second-order valence-corrected chi connectivity index (χ2v) is 8.28. The van der Waals surface area contributed by atoms with E-state index in [4.69, 9.17) is 0 Å². The lowest BCUT2D eigenvalue weighted by Gasteiger charge is -2.37. The molecule has 0 saturated carbocycles. The van der Waals surface area contributed by atoms with Crippen molar-refractivity contribution in [1.82, 2.24) is 20.0 Å². The first-order chi connectivity index (χ1) is 12.3. The van der Waals surface area contributed by atoms with Crippen LogP contribution in [0, 0.1) is 0 Å². The average Bonchev–Trinajstić information content (AvgIpc) is 2.62. The maximum Gasteiger partial charge on any atom is 0.0113 e. The lowest BCUT2D eigenvalue weighted by atomic mass is 10.0. The fourth-order valence-electron chi connectivity index (χ4n) is 4.36. The van der Waals surface area contributed by atoms with Gasteiger partial charge in [0.25, 0.3) is 0 Å². The molecule has 0 aromatic carbocycles. The standard InChI is InChI=1S/C21H44N4/c1-3-4-5-6-7-8-10-21-11-12-22-13-16-24-15-9-14-23(2)17-19-25(21)20-18-24/h21-22H,3-20H2,1-2H3. The third-order valence-corrected chi connectivity index (χ3v) is 6.15. The van der Waals surface area contributed by atoms with Crippen LogP contribution in [0.3, 0.4) is 0 Å². The average molecular weight is 353 g/mol. The van der Waals surface area contributed by atoms with Crippen molar-refractivity contribution in [3.8, 4) is 0 Å². The fraction of sp³-hybridized carbons (Fsp3) is 1.00. The highest BCUT2D eigenvalue weighted by molar-refractivity contribution is 4.78. The molecule has 2 aliphatic rings. The van der Waals surface area contributed by atoms with Crippen LogP contribution < -0.4 is 5.32 Å². The highest BCUT2D eigenvalue weighted by Gasteiger charge is 2.21. The second kappa shape index (κ2) is 13.1. The zero-order valence-corrected chi connectivity index (χ0v) is 17.1. The Hall–Kier alpha value is -0.160. The van der Waals surface area contributed by atoms with E-state index in [1.165, 1.54) is 117 Å². The van der Waals surface area contributed by atoms with Gasteiger partial charge in [-0.3, -0.25) is 4.90 Å². The van der Waals surface area contributed by atoms with Gasteiger partial charge in [-0.15, -0.1) is 0 Å². The van der Waals surface area contributed by atoms with Gasteiger partial charge >= 0.3 is 0 Å². The summed E-state index contributed by atoms with van der Waals surface area (Å²) in [7, 11) is 2.31. The van der Waals surface area contributed by atoms with Crippen molar-refractivity contribution < 1.29 is 0 Å². The number of fused-ring (bicyclic) bond motifs is 3. The van der Waals surface area contributed by atoms with Gasteiger partial charge in [-0.25, -0.2) is 0 Å². The van der Waals surface area contributed by atoms with E-state index in [0.29, 0.717) is 0 Å². The Balaban J connectivity index is 1.86. The van der Waals surface area contributed by atoms with Crippen LogP contribution in [0.15, 0.2) is 0 Å². The number of nitrogens with one attached hydrogen (secondary N) is 1. The van der Waals surface area contributed by atoms with Crippen molar-refractivity contribution in [3.05, 3.63) is 0 Å². The smallest absolute Gasteiger partial charge is 0.0113 e. The summed E-state index contributed by atoms with van der Waals surface area (Å²) >= 11 is 0. The first-order valence-corrected chi connectivity index (χ1v) is 11.1. The molecule has 25 heavy (non-hydrogen) atoms. The predicted molar refractivity (Wildman–Crippen MR) is 109 cm³/mol. The molecule has 3 unspecified atom stereocenters. The molecule has 2 rings (SSSR count). The number of unbranched alkanes of at least 4 members (excludes halogenated alkanes) is 5. The Morgan fingerprint density at radius 1 is 0.800 bits per heavy atom. The summed E-state index contributed by atoms with van der Waals surface area (Å²) in [6.07, 6.45) is 12.6. The number of rotatable bonds is 7. The maximum atomic E-state index is 3.70. The zero-order chi connectivity index (χ0) is 17.7. The van der Waals surface area contributed by atoms with Crippen LogP contribution in [0.5, 0.6) is 0 Å². The Bertz CT molecular complexity index is 323. The van der Waals surface area contributed by atoms with Gasteiger partial charge in [-0.1, -0.05) is 45.4 Å². The van der Waals surface area contributed by atoms with Crippen molar-refractivity contribution >= 4 is 0 Å². The van der Waals surface area contributed by atoms with Crippen LogP contribution >= 0.6 is 0 Å². The molecule has 0 aromatic heterocycles. The van der Waals surface area contributed by atoms with Crippen LogP contribution in [0.2, 0.25) is 0 Å². The molecule has 3 atom stereocenters. The minimum Gasteiger partial charge on any atom is -0.315 e. The fourth-order valence-corrected chi connectivity index (χ4v) is 4.36. The minimum atomic E-state index is 0.784. The van der Waals surface area contributed by atoms with E-state index in [2.05, 4.69) is 34.0 Å². The summed E-state index contributed by atoms with van der Waals surface area (Å²) in [5.41, 5.74) is 0. The molecule has 2 bridgehead atoms. The molecule has 0 aliphatic carbocycles. The molecule has 2 saturated heterocycles. The van der Waals surface area contributed by atoms with E-state index in [-0.39, 0.29) is 0 Å². The lowest BCUT2D eigenvalue weighted by molar-refractivity contribution is 0.111. The van der Waals surface area contributed by atoms with Gasteiger partial charge in [-0.05, 0) is 45.9 Å². The van der Waals surface area contributed by atoms with Gasteiger partial charge in [0.05, 0.1) is 0 Å². The van der Waals surface area contributed by atoms with Crippen molar-refractivity contribution in [3.63, 3.8) is 0 Å². The SMILES string of the molecule is CCCCCCCCC1CCNCCN2CCCN(C)CCN1CC2. The van der Waals surface area contributed by atoms with Crippen molar-refractivity contribution in [2.45, 2.75) is 70.8 Å². The van der Waals surface area contributed by atoms with Gasteiger partial charge in [0.1, 0.15) is 0 Å². The van der Waals surface area contributed by atoms with Crippen LogP contribution in [0.25, 0.3) is 0 Å². The molecule has 0 spiro atoms. The van der Waals surface area contributed by atoms with E-state index in [1.54, 1.807) is 0 Å². The third-order valence-electron chi connectivity index (χ3n) is 6.15. The van der Waals surface area contributed by atoms with Crippen molar-refractivity contribution in [2.24, 2.45) is 0 Å². The molecule has 4 heteroatoms. The normalized spacial score (nSPS) is 30.2. The lowest BCUT2D eigenvalue weighted by Crippen LogP contribution is -2.49. The van der Waals surface area contributed by atoms with Crippen LogP contribution in [-0.4, -0.2) is 86.7 Å². The summed E-state index contributed by atoms with van der Waals surface area (Å²) < 4.78 is 0. The largest absolute Gasteiger partial charge is 0.315 e. The Kier molecular flexibility index (Phi) is 11.1. The monoisotopic (exact) mass is 352 g/mol. The van der Waals surface area contributed by atoms with Crippen molar-refractivity contribution in [2.75, 3.05) is 66.0 Å². The molecule has 4 nitrogen and oxygen atoms in total. The van der Waals surface area contributed by atoms with E-state index in [0.717, 1.165) is 6.04 Å². The molecule has 148 valence electrons. The number of hydrogen-bond acceptors (Lipinski definition) is 4. The number of hydrogen-bond donors (Lipinski definition) is 1. The van der Waals surface area contributed by atoms with E-state index >= 15 is 0 Å². The molecule has 0 aromatic rings. The summed E-state index contributed by atoms with van der Waals surface area (Å²) in [6.45, 7) is 13.4. The van der Waals surface area contributed by atoms with E-state index < -0.39 is 0 Å². The Morgan fingerprint density at radius 3 is 2.48 bits per heavy atom. The van der Waals surface area contributed by atoms with Gasteiger partial charge in [0, 0.05) is 45.3 Å². The first-order valence-electron chi connectivity index (χ1n) is 11.1. The molecule has 2 heterocycles. The molecular formula is C21H44N4. The van der Waals surface area contributed by atoms with Crippen LogP contribution in [0.1, 0.15) is 64.7 Å².